The second-order valence-electron chi connectivity index (χ2n) is 6.09. The maximum atomic E-state index is 12.1. The van der Waals surface area contributed by atoms with Gasteiger partial charge in [0.05, 0.1) is 5.02 Å². The van der Waals surface area contributed by atoms with E-state index in [2.05, 4.69) is 5.32 Å². The van der Waals surface area contributed by atoms with Crippen LogP contribution in [0.3, 0.4) is 0 Å². The molecule has 0 bridgehead atoms. The first-order chi connectivity index (χ1) is 12.9. The Kier molecular flexibility index (Phi) is 5.89. The van der Waals surface area contributed by atoms with Gasteiger partial charge in [-0.3, -0.25) is 4.79 Å². The fourth-order valence-corrected chi connectivity index (χ4v) is 2.96. The molecule has 138 valence electrons. The molecule has 3 aromatic rings. The van der Waals surface area contributed by atoms with Gasteiger partial charge in [-0.05, 0) is 60.7 Å². The molecular formula is C21H18Cl2N2O2. The van der Waals surface area contributed by atoms with Crippen LogP contribution in [0.2, 0.25) is 10.0 Å². The largest absolute Gasteiger partial charge is 0.457 e. The fraction of sp³-hybridized carbons (Fsp3) is 0.0952. The molecule has 2 aromatic carbocycles. The number of anilines is 2. The van der Waals surface area contributed by atoms with Crippen molar-refractivity contribution in [3.8, 4) is 11.3 Å². The monoisotopic (exact) mass is 400 g/mol. The quantitative estimate of drug-likeness (QED) is 0.536. The van der Waals surface area contributed by atoms with E-state index in [4.69, 9.17) is 27.6 Å². The summed E-state index contributed by atoms with van der Waals surface area (Å²) in [5, 5.41) is 3.88. The number of halogens is 2. The molecule has 1 N–H and O–H groups in total. The van der Waals surface area contributed by atoms with Crippen molar-refractivity contribution in [1.82, 2.24) is 0 Å². The summed E-state index contributed by atoms with van der Waals surface area (Å²) in [6, 6.07) is 16.4. The SMILES string of the molecule is CN(C)c1ccc(NC(=O)/C=C/c2ccc(-c3ccc(Cl)cc3Cl)o2)cc1. The maximum Gasteiger partial charge on any atom is 0.248 e. The number of nitrogens with one attached hydrogen (secondary N) is 1. The number of carbonyl (C=O) groups excluding carboxylic acids is 1. The molecule has 0 saturated carbocycles. The van der Waals surface area contributed by atoms with Crippen molar-refractivity contribution in [1.29, 1.82) is 0 Å². The van der Waals surface area contributed by atoms with Crippen LogP contribution in [0, 0.1) is 0 Å². The topological polar surface area (TPSA) is 45.5 Å². The minimum absolute atomic E-state index is 0.241. The van der Waals surface area contributed by atoms with E-state index in [0.717, 1.165) is 16.9 Å². The Morgan fingerprint density at radius 3 is 2.44 bits per heavy atom. The molecule has 27 heavy (non-hydrogen) atoms. The summed E-state index contributed by atoms with van der Waals surface area (Å²) in [7, 11) is 3.93. The van der Waals surface area contributed by atoms with Crippen LogP contribution in [0.25, 0.3) is 17.4 Å². The molecule has 0 fully saturated rings. The molecule has 1 aromatic heterocycles. The van der Waals surface area contributed by atoms with Gasteiger partial charge in [0.25, 0.3) is 0 Å². The molecule has 0 aliphatic carbocycles. The molecule has 3 rings (SSSR count). The van der Waals surface area contributed by atoms with E-state index in [-0.39, 0.29) is 5.91 Å². The number of hydrogen-bond acceptors (Lipinski definition) is 3. The molecule has 0 saturated heterocycles. The maximum absolute atomic E-state index is 12.1. The minimum atomic E-state index is -0.241. The van der Waals surface area contributed by atoms with E-state index in [0.29, 0.717) is 21.6 Å². The molecule has 6 heteroatoms. The number of benzene rings is 2. The van der Waals surface area contributed by atoms with Gasteiger partial charge in [-0.15, -0.1) is 0 Å². The number of carbonyl (C=O) groups is 1. The van der Waals surface area contributed by atoms with Crippen molar-refractivity contribution in [2.75, 3.05) is 24.3 Å². The van der Waals surface area contributed by atoms with Crippen LogP contribution in [0.15, 0.2) is 65.1 Å². The highest BCUT2D eigenvalue weighted by atomic mass is 35.5. The zero-order chi connectivity index (χ0) is 19.4. The lowest BCUT2D eigenvalue weighted by Crippen LogP contribution is -2.10. The van der Waals surface area contributed by atoms with Gasteiger partial charge < -0.3 is 14.6 Å². The van der Waals surface area contributed by atoms with Crippen molar-refractivity contribution < 1.29 is 9.21 Å². The number of rotatable bonds is 5. The van der Waals surface area contributed by atoms with E-state index < -0.39 is 0 Å². The summed E-state index contributed by atoms with van der Waals surface area (Å²) in [5.74, 6) is 0.917. The summed E-state index contributed by atoms with van der Waals surface area (Å²) < 4.78 is 5.73. The smallest absolute Gasteiger partial charge is 0.248 e. The third kappa shape index (κ3) is 4.94. The van der Waals surface area contributed by atoms with Crippen LogP contribution < -0.4 is 10.2 Å². The third-order valence-corrected chi connectivity index (χ3v) is 4.42. The van der Waals surface area contributed by atoms with Crippen molar-refractivity contribution in [2.24, 2.45) is 0 Å². The molecule has 0 aliphatic heterocycles. The van der Waals surface area contributed by atoms with Gasteiger partial charge in [0.2, 0.25) is 5.91 Å². The van der Waals surface area contributed by atoms with Gasteiger partial charge in [-0.1, -0.05) is 23.2 Å². The number of hydrogen-bond donors (Lipinski definition) is 1. The summed E-state index contributed by atoms with van der Waals surface area (Å²) >= 11 is 12.1. The van der Waals surface area contributed by atoms with Crippen molar-refractivity contribution in [3.63, 3.8) is 0 Å². The van der Waals surface area contributed by atoms with E-state index >= 15 is 0 Å². The minimum Gasteiger partial charge on any atom is -0.457 e. The molecule has 0 aliphatic rings. The summed E-state index contributed by atoms with van der Waals surface area (Å²) in [4.78, 5) is 14.1. The van der Waals surface area contributed by atoms with Crippen LogP contribution >= 0.6 is 23.2 Å². The van der Waals surface area contributed by atoms with Crippen molar-refractivity contribution in [3.05, 3.63) is 76.5 Å². The Balaban J connectivity index is 1.65. The zero-order valence-electron chi connectivity index (χ0n) is 14.9. The van der Waals surface area contributed by atoms with Crippen LogP contribution in [0.5, 0.6) is 0 Å². The second kappa shape index (κ2) is 8.33. The number of nitrogens with zero attached hydrogens (tertiary/aromatic N) is 1. The van der Waals surface area contributed by atoms with Crippen molar-refractivity contribution in [2.45, 2.75) is 0 Å². The lowest BCUT2D eigenvalue weighted by molar-refractivity contribution is -0.111. The average molecular weight is 401 g/mol. The highest BCUT2D eigenvalue weighted by Crippen LogP contribution is 2.31. The third-order valence-electron chi connectivity index (χ3n) is 3.87. The van der Waals surface area contributed by atoms with Gasteiger partial charge in [0.1, 0.15) is 11.5 Å². The first-order valence-electron chi connectivity index (χ1n) is 8.24. The molecule has 0 spiro atoms. The molecule has 0 atom stereocenters. The summed E-state index contributed by atoms with van der Waals surface area (Å²) in [6.45, 7) is 0. The molecule has 0 radical (unpaired) electrons. The van der Waals surface area contributed by atoms with Crippen molar-refractivity contribution >= 4 is 46.6 Å². The van der Waals surface area contributed by atoms with E-state index in [9.17, 15) is 4.79 Å². The highest BCUT2D eigenvalue weighted by Gasteiger charge is 2.08. The molecule has 1 heterocycles. The second-order valence-corrected chi connectivity index (χ2v) is 6.93. The Hall–Kier alpha value is -2.69. The van der Waals surface area contributed by atoms with Crippen LogP contribution in [-0.2, 0) is 4.79 Å². The molecule has 1 amide bonds. The molecular weight excluding hydrogens is 383 g/mol. The van der Waals surface area contributed by atoms with Gasteiger partial charge in [-0.2, -0.15) is 0 Å². The standard InChI is InChI=1S/C21H18Cl2N2O2/c1-25(2)16-6-4-15(5-7-16)24-21(26)12-9-17-8-11-20(27-17)18-10-3-14(22)13-19(18)23/h3-13H,1-2H3,(H,24,26)/b12-9+. The van der Waals surface area contributed by atoms with E-state index in [1.165, 1.54) is 6.08 Å². The molecule has 4 nitrogen and oxygen atoms in total. The lowest BCUT2D eigenvalue weighted by atomic mass is 10.2. The predicted octanol–water partition coefficient (Wildman–Crippen LogP) is 5.97. The van der Waals surface area contributed by atoms with Gasteiger partial charge in [0.15, 0.2) is 0 Å². The lowest BCUT2D eigenvalue weighted by Gasteiger charge is -2.12. The van der Waals surface area contributed by atoms with E-state index in [1.807, 2.05) is 43.3 Å². The van der Waals surface area contributed by atoms with Crippen LogP contribution in [0.4, 0.5) is 11.4 Å². The normalized spacial score (nSPS) is 11.0. The Morgan fingerprint density at radius 2 is 1.78 bits per heavy atom. The number of furan rings is 1. The predicted molar refractivity (Wildman–Crippen MR) is 113 cm³/mol. The first kappa shape index (κ1) is 19.1. The Labute approximate surface area is 168 Å². The fourth-order valence-electron chi connectivity index (χ4n) is 2.46. The first-order valence-corrected chi connectivity index (χ1v) is 9.00. The van der Waals surface area contributed by atoms with Gasteiger partial charge in [0, 0.05) is 42.1 Å². The molecule has 0 unspecified atom stereocenters. The summed E-state index contributed by atoms with van der Waals surface area (Å²) in [5.41, 5.74) is 2.53. The highest BCUT2D eigenvalue weighted by molar-refractivity contribution is 6.36. The number of amides is 1. The van der Waals surface area contributed by atoms with Crippen LogP contribution in [-0.4, -0.2) is 20.0 Å². The Bertz CT molecular complexity index is 976. The average Bonchev–Trinajstić information content (AvgIpc) is 3.09. The van der Waals surface area contributed by atoms with Gasteiger partial charge >= 0.3 is 0 Å². The van der Waals surface area contributed by atoms with Gasteiger partial charge in [-0.25, -0.2) is 0 Å². The van der Waals surface area contributed by atoms with E-state index in [1.54, 1.807) is 36.4 Å². The zero-order valence-corrected chi connectivity index (χ0v) is 16.4. The summed E-state index contributed by atoms with van der Waals surface area (Å²) in [6.07, 6.45) is 3.03. The Morgan fingerprint density at radius 1 is 1.04 bits per heavy atom. The van der Waals surface area contributed by atoms with Crippen LogP contribution in [0.1, 0.15) is 5.76 Å².